The van der Waals surface area contributed by atoms with Crippen LogP contribution >= 0.6 is 0 Å². The van der Waals surface area contributed by atoms with E-state index >= 15 is 0 Å². The lowest BCUT2D eigenvalue weighted by Gasteiger charge is -2.16. The van der Waals surface area contributed by atoms with E-state index in [1.807, 2.05) is 26.0 Å². The highest BCUT2D eigenvalue weighted by atomic mass is 16.3. The van der Waals surface area contributed by atoms with Gasteiger partial charge >= 0.3 is 5.69 Å². The zero-order chi connectivity index (χ0) is 22.0. The first-order valence-electron chi connectivity index (χ1n) is 10.2. The smallest absolute Gasteiger partial charge is 0.329 e. The lowest BCUT2D eigenvalue weighted by Crippen LogP contribution is -2.37. The van der Waals surface area contributed by atoms with Crippen molar-refractivity contribution in [1.82, 2.24) is 9.55 Å². The molecule has 0 saturated heterocycles. The van der Waals surface area contributed by atoms with E-state index in [0.717, 1.165) is 16.7 Å². The molecule has 30 heavy (non-hydrogen) atoms. The number of ketones is 1. The van der Waals surface area contributed by atoms with Crippen LogP contribution in [-0.2, 0) is 13.0 Å². The number of carbonyl (C=O) groups excluding carboxylic acids is 1. The van der Waals surface area contributed by atoms with E-state index in [4.69, 9.17) is 0 Å². The third kappa shape index (κ3) is 4.22. The lowest BCUT2D eigenvalue weighted by atomic mass is 9.97. The Morgan fingerprint density at radius 3 is 2.33 bits per heavy atom. The largest absolute Gasteiger partial charge is 0.396 e. The Bertz CT molecular complexity index is 1090. The monoisotopic (exact) mass is 412 g/mol. The molecule has 0 saturated carbocycles. The standard InChI is InChI=1S/C23H28N2O5/c1-4-19-20(21(28)16-6-13(2)5-14(3)7-16)25(23(30)24-22(19)29)10-15-8-17(11-26)18(9-15)12-27/h5-8,17-18,26-27H,4,9-12H2,1-3H3,(H,24,29,30). The lowest BCUT2D eigenvalue weighted by molar-refractivity contribution is 0.102. The Balaban J connectivity index is 2.13. The van der Waals surface area contributed by atoms with Gasteiger partial charge in [0.1, 0.15) is 5.69 Å². The van der Waals surface area contributed by atoms with Crippen LogP contribution in [0.15, 0.2) is 39.4 Å². The van der Waals surface area contributed by atoms with Crippen molar-refractivity contribution in [3.05, 3.63) is 78.6 Å². The molecule has 0 amide bonds. The maximum absolute atomic E-state index is 13.5. The Hall–Kier alpha value is -2.77. The van der Waals surface area contributed by atoms with Crippen LogP contribution < -0.4 is 11.2 Å². The number of hydrogen-bond acceptors (Lipinski definition) is 5. The Morgan fingerprint density at radius 1 is 1.13 bits per heavy atom. The van der Waals surface area contributed by atoms with Gasteiger partial charge in [0.2, 0.25) is 5.78 Å². The van der Waals surface area contributed by atoms with E-state index in [1.54, 1.807) is 19.1 Å². The van der Waals surface area contributed by atoms with Crippen molar-refractivity contribution in [2.45, 2.75) is 40.2 Å². The number of carbonyl (C=O) groups is 1. The molecule has 7 heteroatoms. The highest BCUT2D eigenvalue weighted by Crippen LogP contribution is 2.31. The number of rotatable bonds is 7. The summed E-state index contributed by atoms with van der Waals surface area (Å²) in [6, 6.07) is 5.46. The van der Waals surface area contributed by atoms with Crippen LogP contribution in [0.5, 0.6) is 0 Å². The van der Waals surface area contributed by atoms with Gasteiger partial charge in [0, 0.05) is 36.8 Å². The zero-order valence-electron chi connectivity index (χ0n) is 17.6. The van der Waals surface area contributed by atoms with Crippen molar-refractivity contribution in [1.29, 1.82) is 0 Å². The number of aromatic amines is 1. The third-order valence-electron chi connectivity index (χ3n) is 5.73. The van der Waals surface area contributed by atoms with Crippen molar-refractivity contribution < 1.29 is 15.0 Å². The van der Waals surface area contributed by atoms with Crippen LogP contribution in [0.25, 0.3) is 0 Å². The topological polar surface area (TPSA) is 112 Å². The maximum atomic E-state index is 13.5. The van der Waals surface area contributed by atoms with E-state index in [2.05, 4.69) is 4.98 Å². The molecule has 0 radical (unpaired) electrons. The molecule has 1 heterocycles. The summed E-state index contributed by atoms with van der Waals surface area (Å²) in [7, 11) is 0. The quantitative estimate of drug-likeness (QED) is 0.471. The summed E-state index contributed by atoms with van der Waals surface area (Å²) in [4.78, 5) is 40.9. The number of aromatic nitrogens is 2. The molecule has 1 aromatic carbocycles. The molecule has 7 nitrogen and oxygen atoms in total. The molecular weight excluding hydrogens is 384 g/mol. The number of allylic oxidation sites excluding steroid dienone is 1. The minimum Gasteiger partial charge on any atom is -0.396 e. The summed E-state index contributed by atoms with van der Waals surface area (Å²) in [5.41, 5.74) is 2.31. The molecule has 2 atom stereocenters. The van der Waals surface area contributed by atoms with Crippen molar-refractivity contribution >= 4 is 5.78 Å². The van der Waals surface area contributed by atoms with Crippen LogP contribution in [-0.4, -0.2) is 38.8 Å². The number of aliphatic hydroxyl groups is 2. The minimum absolute atomic E-state index is 0.0691. The fourth-order valence-corrected chi connectivity index (χ4v) is 4.31. The molecule has 0 bridgehead atoms. The number of hydrogen-bond donors (Lipinski definition) is 3. The van der Waals surface area contributed by atoms with Gasteiger partial charge in [-0.3, -0.25) is 19.1 Å². The summed E-state index contributed by atoms with van der Waals surface area (Å²) < 4.78 is 1.32. The molecule has 0 aliphatic heterocycles. The molecule has 160 valence electrons. The Kier molecular flexibility index (Phi) is 6.53. The molecular formula is C23H28N2O5. The van der Waals surface area contributed by atoms with E-state index in [1.165, 1.54) is 4.57 Å². The average Bonchev–Trinajstić information content (AvgIpc) is 3.10. The van der Waals surface area contributed by atoms with Gasteiger partial charge in [0.05, 0.1) is 0 Å². The van der Waals surface area contributed by atoms with Crippen molar-refractivity contribution in [2.24, 2.45) is 11.8 Å². The molecule has 3 rings (SSSR count). The Morgan fingerprint density at radius 2 is 1.80 bits per heavy atom. The molecule has 1 aliphatic rings. The molecule has 2 unspecified atom stereocenters. The van der Waals surface area contributed by atoms with Crippen molar-refractivity contribution in [2.75, 3.05) is 13.2 Å². The minimum atomic E-state index is -0.640. The first-order valence-corrected chi connectivity index (χ1v) is 10.2. The summed E-state index contributed by atoms with van der Waals surface area (Å²) in [6.45, 7) is 5.52. The number of aryl methyl sites for hydroxylation is 2. The van der Waals surface area contributed by atoms with E-state index in [0.29, 0.717) is 18.4 Å². The normalized spacial score (nSPS) is 18.5. The first kappa shape index (κ1) is 21.9. The molecule has 2 aromatic rings. The van der Waals surface area contributed by atoms with Gasteiger partial charge in [-0.25, -0.2) is 4.79 Å². The second-order valence-electron chi connectivity index (χ2n) is 8.05. The van der Waals surface area contributed by atoms with Crippen molar-refractivity contribution in [3.8, 4) is 0 Å². The molecule has 0 fully saturated rings. The van der Waals surface area contributed by atoms with Gasteiger partial charge in [-0.15, -0.1) is 0 Å². The van der Waals surface area contributed by atoms with Gasteiger partial charge < -0.3 is 10.2 Å². The summed E-state index contributed by atoms with van der Waals surface area (Å²) in [5.74, 6) is -0.668. The summed E-state index contributed by atoms with van der Waals surface area (Å²) in [5, 5.41) is 19.1. The van der Waals surface area contributed by atoms with Crippen molar-refractivity contribution in [3.63, 3.8) is 0 Å². The molecule has 3 N–H and O–H groups in total. The number of H-pyrrole nitrogens is 1. The van der Waals surface area contributed by atoms with Crippen LogP contribution in [0.3, 0.4) is 0 Å². The average molecular weight is 412 g/mol. The van der Waals surface area contributed by atoms with Crippen LogP contribution in [0.4, 0.5) is 0 Å². The fourth-order valence-electron chi connectivity index (χ4n) is 4.31. The first-order chi connectivity index (χ1) is 14.3. The second kappa shape index (κ2) is 8.93. The maximum Gasteiger partial charge on any atom is 0.329 e. The van der Waals surface area contributed by atoms with Crippen LogP contribution in [0, 0.1) is 25.7 Å². The van der Waals surface area contributed by atoms with Crippen LogP contribution in [0.2, 0.25) is 0 Å². The molecule has 1 aliphatic carbocycles. The third-order valence-corrected chi connectivity index (χ3v) is 5.73. The summed E-state index contributed by atoms with van der Waals surface area (Å²) in [6.07, 6.45) is 2.68. The molecule has 1 aromatic heterocycles. The highest BCUT2D eigenvalue weighted by molar-refractivity contribution is 6.09. The number of aliphatic hydroxyl groups excluding tert-OH is 2. The second-order valence-corrected chi connectivity index (χ2v) is 8.05. The van der Waals surface area contributed by atoms with Gasteiger partial charge in [-0.05, 0) is 44.7 Å². The SMILES string of the molecule is CCc1c(C(=O)c2cc(C)cc(C)c2)n(CC2=CC(CO)C(CO)C2)c(=O)[nH]c1=O. The van der Waals surface area contributed by atoms with Gasteiger partial charge in [-0.1, -0.05) is 35.8 Å². The predicted molar refractivity (Wildman–Crippen MR) is 114 cm³/mol. The van der Waals surface area contributed by atoms with E-state index < -0.39 is 11.2 Å². The Labute approximate surface area is 174 Å². The zero-order valence-corrected chi connectivity index (χ0v) is 17.6. The van der Waals surface area contributed by atoms with Gasteiger partial charge in [-0.2, -0.15) is 0 Å². The fraction of sp³-hybridized carbons (Fsp3) is 0.435. The van der Waals surface area contributed by atoms with Crippen LogP contribution in [0.1, 0.15) is 46.1 Å². The van der Waals surface area contributed by atoms with Gasteiger partial charge in [0.25, 0.3) is 5.56 Å². The number of benzene rings is 1. The highest BCUT2D eigenvalue weighted by Gasteiger charge is 2.28. The van der Waals surface area contributed by atoms with Gasteiger partial charge in [0.15, 0.2) is 0 Å². The van der Waals surface area contributed by atoms with E-state index in [-0.39, 0.29) is 48.6 Å². The molecule has 0 spiro atoms. The number of nitrogens with one attached hydrogen (secondary N) is 1. The summed E-state index contributed by atoms with van der Waals surface area (Å²) >= 11 is 0. The van der Waals surface area contributed by atoms with E-state index in [9.17, 15) is 24.6 Å². The number of nitrogens with zero attached hydrogens (tertiary/aromatic N) is 1. The predicted octanol–water partition coefficient (Wildman–Crippen LogP) is 1.49.